The van der Waals surface area contributed by atoms with Crippen molar-refractivity contribution in [2.75, 3.05) is 6.54 Å². The van der Waals surface area contributed by atoms with Gasteiger partial charge in [0.25, 0.3) is 0 Å². The normalized spacial score (nSPS) is 32.0. The van der Waals surface area contributed by atoms with Crippen LogP contribution in [0.25, 0.3) is 6.08 Å². The van der Waals surface area contributed by atoms with Gasteiger partial charge < -0.3 is 5.73 Å². The summed E-state index contributed by atoms with van der Waals surface area (Å²) in [5.74, 6) is 0.285. The molecule has 3 aliphatic carbocycles. The average molecular weight is 269 g/mol. The summed E-state index contributed by atoms with van der Waals surface area (Å²) < 4.78 is 0. The highest BCUT2D eigenvalue weighted by Gasteiger charge is 2.51. The Balaban J connectivity index is 1.83. The van der Waals surface area contributed by atoms with Gasteiger partial charge in [-0.2, -0.15) is 0 Å². The minimum atomic E-state index is -0.0858. The van der Waals surface area contributed by atoms with Gasteiger partial charge in [0, 0.05) is 5.41 Å². The fourth-order valence-corrected chi connectivity index (χ4v) is 4.23. The zero-order valence-electron chi connectivity index (χ0n) is 12.0. The van der Waals surface area contributed by atoms with E-state index in [2.05, 4.69) is 30.8 Å². The molecule has 2 N–H and O–H groups in total. The molecule has 0 aliphatic heterocycles. The van der Waals surface area contributed by atoms with Crippen molar-refractivity contribution < 1.29 is 4.79 Å². The maximum absolute atomic E-state index is 12.1. The minimum Gasteiger partial charge on any atom is -0.324 e. The van der Waals surface area contributed by atoms with Gasteiger partial charge in [-0.25, -0.2) is 0 Å². The van der Waals surface area contributed by atoms with Gasteiger partial charge in [0.15, 0.2) is 5.78 Å². The molecule has 3 saturated carbocycles. The highest BCUT2D eigenvalue weighted by Crippen LogP contribution is 2.57. The first-order valence-corrected chi connectivity index (χ1v) is 7.61. The predicted octanol–water partition coefficient (Wildman–Crippen LogP) is 3.45. The predicted molar refractivity (Wildman–Crippen MR) is 82.4 cm³/mol. The molecule has 2 nitrogen and oxygen atoms in total. The molecular weight excluding hydrogens is 246 g/mol. The van der Waals surface area contributed by atoms with Gasteiger partial charge >= 0.3 is 0 Å². The van der Waals surface area contributed by atoms with E-state index in [9.17, 15) is 4.79 Å². The van der Waals surface area contributed by atoms with Crippen LogP contribution in [0.1, 0.15) is 49.7 Å². The van der Waals surface area contributed by atoms with Crippen LogP contribution >= 0.6 is 0 Å². The van der Waals surface area contributed by atoms with Gasteiger partial charge in [0.2, 0.25) is 0 Å². The van der Waals surface area contributed by atoms with Gasteiger partial charge in [0.05, 0.1) is 6.54 Å². The standard InChI is InChI=1S/C18H23NO/c1-2-14-3-5-15(6-4-14)17-7-10-18(11-8-17,12-9-17)16(20)13-19/h2-6H,1,7-13,19H2. The summed E-state index contributed by atoms with van der Waals surface area (Å²) in [6, 6.07) is 8.80. The zero-order chi connectivity index (χ0) is 14.2. The molecule has 106 valence electrons. The maximum atomic E-state index is 12.1. The highest BCUT2D eigenvalue weighted by molar-refractivity contribution is 5.87. The largest absolute Gasteiger partial charge is 0.324 e. The van der Waals surface area contributed by atoms with Crippen molar-refractivity contribution in [3.8, 4) is 0 Å². The fourth-order valence-electron chi connectivity index (χ4n) is 4.23. The van der Waals surface area contributed by atoms with Crippen molar-refractivity contribution in [3.63, 3.8) is 0 Å². The van der Waals surface area contributed by atoms with Gasteiger partial charge in [0.1, 0.15) is 0 Å². The molecule has 2 bridgehead atoms. The summed E-state index contributed by atoms with van der Waals surface area (Å²) in [7, 11) is 0. The van der Waals surface area contributed by atoms with Crippen LogP contribution in [-0.4, -0.2) is 12.3 Å². The van der Waals surface area contributed by atoms with Crippen LogP contribution in [0.5, 0.6) is 0 Å². The lowest BCUT2D eigenvalue weighted by Gasteiger charge is -2.53. The molecule has 0 aromatic heterocycles. The Hall–Kier alpha value is -1.41. The molecule has 0 heterocycles. The van der Waals surface area contributed by atoms with E-state index in [1.807, 2.05) is 6.08 Å². The SMILES string of the molecule is C=Cc1ccc(C23CCC(C(=O)CN)(CC2)CC3)cc1. The third-order valence-electron chi connectivity index (χ3n) is 5.78. The summed E-state index contributed by atoms with van der Waals surface area (Å²) in [5.41, 5.74) is 8.43. The van der Waals surface area contributed by atoms with Crippen LogP contribution in [0.3, 0.4) is 0 Å². The molecule has 4 rings (SSSR count). The molecule has 3 fully saturated rings. The molecule has 0 atom stereocenters. The van der Waals surface area contributed by atoms with Crippen molar-refractivity contribution in [1.29, 1.82) is 0 Å². The number of benzene rings is 1. The highest BCUT2D eigenvalue weighted by atomic mass is 16.1. The van der Waals surface area contributed by atoms with E-state index >= 15 is 0 Å². The zero-order valence-corrected chi connectivity index (χ0v) is 12.0. The first-order chi connectivity index (χ1) is 9.64. The van der Waals surface area contributed by atoms with E-state index in [-0.39, 0.29) is 17.7 Å². The summed E-state index contributed by atoms with van der Waals surface area (Å²) in [4.78, 5) is 12.1. The number of Topliss-reactive ketones (excluding diaryl/α,β-unsaturated/α-hetero) is 1. The van der Waals surface area contributed by atoms with Gasteiger partial charge in [-0.3, -0.25) is 4.79 Å². The monoisotopic (exact) mass is 269 g/mol. The molecule has 3 aliphatic rings. The summed E-state index contributed by atoms with van der Waals surface area (Å²) >= 11 is 0. The number of ketones is 1. The average Bonchev–Trinajstić information content (AvgIpc) is 2.55. The third kappa shape index (κ3) is 1.94. The van der Waals surface area contributed by atoms with E-state index in [0.29, 0.717) is 5.41 Å². The van der Waals surface area contributed by atoms with Gasteiger partial charge in [-0.05, 0) is 55.1 Å². The van der Waals surface area contributed by atoms with Crippen LogP contribution in [0.2, 0.25) is 0 Å². The number of hydrogen-bond acceptors (Lipinski definition) is 2. The molecule has 0 saturated heterocycles. The second-order valence-corrected chi connectivity index (χ2v) is 6.51. The minimum absolute atomic E-state index is 0.0858. The summed E-state index contributed by atoms with van der Waals surface area (Å²) in [6.45, 7) is 4.02. The maximum Gasteiger partial charge on any atom is 0.152 e. The Morgan fingerprint density at radius 2 is 1.65 bits per heavy atom. The van der Waals surface area contributed by atoms with E-state index in [4.69, 9.17) is 5.73 Å². The molecule has 0 amide bonds. The second-order valence-electron chi connectivity index (χ2n) is 6.51. The van der Waals surface area contributed by atoms with E-state index in [1.54, 1.807) is 0 Å². The molecule has 1 aromatic carbocycles. The lowest BCUT2D eigenvalue weighted by molar-refractivity contribution is -0.134. The Morgan fingerprint density at radius 1 is 1.10 bits per heavy atom. The third-order valence-corrected chi connectivity index (χ3v) is 5.78. The molecule has 0 radical (unpaired) electrons. The van der Waals surface area contributed by atoms with Crippen LogP contribution in [-0.2, 0) is 10.2 Å². The smallest absolute Gasteiger partial charge is 0.152 e. The molecule has 0 unspecified atom stereocenters. The second kappa shape index (κ2) is 4.85. The number of carbonyl (C=O) groups is 1. The lowest BCUT2D eigenvalue weighted by Crippen LogP contribution is -2.49. The number of rotatable bonds is 4. The van der Waals surface area contributed by atoms with Gasteiger partial charge in [-0.1, -0.05) is 36.9 Å². The summed E-state index contributed by atoms with van der Waals surface area (Å²) in [5, 5.41) is 0. The Kier molecular flexibility index (Phi) is 3.29. The van der Waals surface area contributed by atoms with Crippen LogP contribution in [0, 0.1) is 5.41 Å². The van der Waals surface area contributed by atoms with E-state index in [0.717, 1.165) is 38.5 Å². The van der Waals surface area contributed by atoms with E-state index in [1.165, 1.54) is 11.1 Å². The first-order valence-electron chi connectivity index (χ1n) is 7.61. The quantitative estimate of drug-likeness (QED) is 0.909. The number of nitrogens with two attached hydrogens (primary N) is 1. The van der Waals surface area contributed by atoms with Gasteiger partial charge in [-0.15, -0.1) is 0 Å². The van der Waals surface area contributed by atoms with Crippen molar-refractivity contribution in [2.45, 2.75) is 43.9 Å². The number of fused-ring (bicyclic) bond motifs is 3. The first kappa shape index (κ1) is 13.6. The van der Waals surface area contributed by atoms with Crippen LogP contribution < -0.4 is 5.73 Å². The van der Waals surface area contributed by atoms with Crippen molar-refractivity contribution in [3.05, 3.63) is 42.0 Å². The lowest BCUT2D eigenvalue weighted by atomic mass is 9.51. The van der Waals surface area contributed by atoms with Crippen LogP contribution in [0.15, 0.2) is 30.8 Å². The number of hydrogen-bond donors (Lipinski definition) is 1. The Morgan fingerprint density at radius 3 is 2.10 bits per heavy atom. The molecular formula is C18H23NO. The molecule has 1 aromatic rings. The fraction of sp³-hybridized carbons (Fsp3) is 0.500. The Bertz CT molecular complexity index is 504. The summed E-state index contributed by atoms with van der Waals surface area (Å²) in [6.07, 6.45) is 8.34. The van der Waals surface area contributed by atoms with Crippen molar-refractivity contribution >= 4 is 11.9 Å². The molecule has 20 heavy (non-hydrogen) atoms. The van der Waals surface area contributed by atoms with E-state index < -0.39 is 0 Å². The molecule has 0 spiro atoms. The topological polar surface area (TPSA) is 43.1 Å². The molecule has 2 heteroatoms. The van der Waals surface area contributed by atoms with Crippen molar-refractivity contribution in [2.24, 2.45) is 11.1 Å². The van der Waals surface area contributed by atoms with Crippen LogP contribution in [0.4, 0.5) is 0 Å². The Labute approximate surface area is 121 Å². The number of carbonyl (C=O) groups excluding carboxylic acids is 1. The van der Waals surface area contributed by atoms with Crippen molar-refractivity contribution in [1.82, 2.24) is 0 Å².